The average Bonchev–Trinajstić information content (AvgIpc) is 2.75. The number of rotatable bonds is 3. The Morgan fingerprint density at radius 1 is 1.35 bits per heavy atom. The Labute approximate surface area is 123 Å². The fourth-order valence-electron chi connectivity index (χ4n) is 3.38. The third kappa shape index (κ3) is 3.40. The Hall–Kier alpha value is -0.900. The van der Waals surface area contributed by atoms with Crippen molar-refractivity contribution >= 4 is 0 Å². The van der Waals surface area contributed by atoms with Crippen LogP contribution in [0.25, 0.3) is 0 Å². The minimum absolute atomic E-state index is 0.0958. The van der Waals surface area contributed by atoms with E-state index < -0.39 is 0 Å². The highest BCUT2D eigenvalue weighted by Crippen LogP contribution is 2.41. The van der Waals surface area contributed by atoms with Crippen molar-refractivity contribution in [2.45, 2.75) is 78.3 Å². The van der Waals surface area contributed by atoms with E-state index in [0.29, 0.717) is 11.5 Å². The molecule has 1 fully saturated rings. The molecule has 2 rings (SSSR count). The molecule has 0 spiro atoms. The number of hydrogen-bond acceptors (Lipinski definition) is 3. The van der Waals surface area contributed by atoms with Crippen LogP contribution in [0.4, 0.5) is 0 Å². The van der Waals surface area contributed by atoms with Gasteiger partial charge in [0.2, 0.25) is 0 Å². The molecule has 1 aliphatic carbocycles. The van der Waals surface area contributed by atoms with Crippen molar-refractivity contribution in [3.05, 3.63) is 12.2 Å². The second-order valence-electron chi connectivity index (χ2n) is 7.89. The third-order valence-corrected chi connectivity index (χ3v) is 4.85. The molecule has 114 valence electrons. The maximum atomic E-state index is 6.64. The zero-order valence-corrected chi connectivity index (χ0v) is 13.7. The second-order valence-corrected chi connectivity index (χ2v) is 7.89. The lowest BCUT2D eigenvalue weighted by atomic mass is 9.67. The van der Waals surface area contributed by atoms with E-state index in [1.807, 2.05) is 4.68 Å². The average molecular weight is 278 g/mol. The summed E-state index contributed by atoms with van der Waals surface area (Å²) < 4.78 is 2.00. The maximum absolute atomic E-state index is 6.64. The van der Waals surface area contributed by atoms with Gasteiger partial charge in [0.1, 0.15) is 12.2 Å². The molecule has 2 N–H and O–H groups in total. The molecule has 0 radical (unpaired) electrons. The minimum Gasteiger partial charge on any atom is -0.325 e. The number of nitrogens with zero attached hydrogens (tertiary/aromatic N) is 3. The van der Waals surface area contributed by atoms with Crippen LogP contribution in [0, 0.1) is 11.3 Å². The first-order chi connectivity index (χ1) is 9.21. The lowest BCUT2D eigenvalue weighted by Crippen LogP contribution is -2.47. The fraction of sp³-hybridized carbons (Fsp3) is 0.875. The molecule has 1 saturated carbocycles. The van der Waals surface area contributed by atoms with E-state index in [2.05, 4.69) is 44.7 Å². The van der Waals surface area contributed by atoms with Crippen LogP contribution in [-0.2, 0) is 6.42 Å². The highest BCUT2D eigenvalue weighted by molar-refractivity contribution is 5.01. The van der Waals surface area contributed by atoms with E-state index in [9.17, 15) is 0 Å². The summed E-state index contributed by atoms with van der Waals surface area (Å²) in [6.45, 7) is 11.3. The van der Waals surface area contributed by atoms with Crippen molar-refractivity contribution < 1.29 is 0 Å². The highest BCUT2D eigenvalue weighted by atomic mass is 15.3. The number of aromatic nitrogens is 3. The van der Waals surface area contributed by atoms with E-state index in [-0.39, 0.29) is 5.54 Å². The van der Waals surface area contributed by atoms with E-state index in [1.54, 1.807) is 6.33 Å². The Morgan fingerprint density at radius 2 is 1.95 bits per heavy atom. The predicted octanol–water partition coefficient (Wildman–Crippen LogP) is 3.34. The van der Waals surface area contributed by atoms with Crippen LogP contribution in [0.1, 0.15) is 72.2 Å². The quantitative estimate of drug-likeness (QED) is 0.922. The van der Waals surface area contributed by atoms with Gasteiger partial charge in [-0.1, -0.05) is 20.8 Å². The van der Waals surface area contributed by atoms with Gasteiger partial charge in [-0.15, -0.1) is 0 Å². The molecular formula is C16H30N4. The van der Waals surface area contributed by atoms with Crippen molar-refractivity contribution in [1.29, 1.82) is 0 Å². The monoisotopic (exact) mass is 278 g/mol. The van der Waals surface area contributed by atoms with Gasteiger partial charge in [0, 0.05) is 18.0 Å². The summed E-state index contributed by atoms with van der Waals surface area (Å²) in [5.74, 6) is 1.83. The first kappa shape index (κ1) is 15.5. The summed E-state index contributed by atoms with van der Waals surface area (Å²) in [4.78, 5) is 4.42. The normalized spacial score (nSPS) is 28.1. The Kier molecular flexibility index (Phi) is 4.24. The van der Waals surface area contributed by atoms with Crippen LogP contribution < -0.4 is 5.73 Å². The molecule has 1 aliphatic rings. The molecule has 0 aliphatic heterocycles. The van der Waals surface area contributed by atoms with Gasteiger partial charge in [-0.05, 0) is 50.9 Å². The van der Waals surface area contributed by atoms with Crippen LogP contribution in [0.15, 0.2) is 6.33 Å². The van der Waals surface area contributed by atoms with Crippen LogP contribution in [-0.4, -0.2) is 20.3 Å². The summed E-state index contributed by atoms with van der Waals surface area (Å²) in [6.07, 6.45) is 7.16. The van der Waals surface area contributed by atoms with E-state index >= 15 is 0 Å². The van der Waals surface area contributed by atoms with Gasteiger partial charge in [-0.3, -0.25) is 0 Å². The fourth-order valence-corrected chi connectivity index (χ4v) is 3.38. The van der Waals surface area contributed by atoms with Crippen molar-refractivity contribution in [2.24, 2.45) is 17.1 Å². The summed E-state index contributed by atoms with van der Waals surface area (Å²) in [5.41, 5.74) is 6.95. The van der Waals surface area contributed by atoms with Gasteiger partial charge < -0.3 is 5.73 Å². The van der Waals surface area contributed by atoms with Crippen molar-refractivity contribution in [3.63, 3.8) is 0 Å². The molecule has 20 heavy (non-hydrogen) atoms. The van der Waals surface area contributed by atoms with Gasteiger partial charge in [0.05, 0.1) is 0 Å². The smallest absolute Gasteiger partial charge is 0.138 e. The molecule has 1 aromatic heterocycles. The largest absolute Gasteiger partial charge is 0.325 e. The molecule has 0 bridgehead atoms. The lowest BCUT2D eigenvalue weighted by Gasteiger charge is -2.42. The maximum Gasteiger partial charge on any atom is 0.138 e. The first-order valence-corrected chi connectivity index (χ1v) is 7.88. The van der Waals surface area contributed by atoms with Crippen molar-refractivity contribution in [2.75, 3.05) is 0 Å². The highest BCUT2D eigenvalue weighted by Gasteiger charge is 2.37. The van der Waals surface area contributed by atoms with Crippen LogP contribution in [0.3, 0.4) is 0 Å². The molecule has 1 heterocycles. The Balaban J connectivity index is 2.02. The van der Waals surface area contributed by atoms with Crippen molar-refractivity contribution in [3.8, 4) is 0 Å². The zero-order valence-electron chi connectivity index (χ0n) is 13.7. The predicted molar refractivity (Wildman–Crippen MR) is 82.4 cm³/mol. The van der Waals surface area contributed by atoms with Crippen LogP contribution >= 0.6 is 0 Å². The van der Waals surface area contributed by atoms with E-state index in [1.165, 1.54) is 12.8 Å². The van der Waals surface area contributed by atoms with Gasteiger partial charge >= 0.3 is 0 Å². The zero-order chi connectivity index (χ0) is 15.0. The summed E-state index contributed by atoms with van der Waals surface area (Å²) in [6, 6.07) is 0.349. The van der Waals surface area contributed by atoms with E-state index in [4.69, 9.17) is 5.73 Å². The van der Waals surface area contributed by atoms with Gasteiger partial charge in [-0.25, -0.2) is 9.67 Å². The van der Waals surface area contributed by atoms with Crippen molar-refractivity contribution in [1.82, 2.24) is 14.8 Å². The van der Waals surface area contributed by atoms with E-state index in [0.717, 1.165) is 31.0 Å². The second kappa shape index (κ2) is 5.47. The van der Waals surface area contributed by atoms with Gasteiger partial charge in [0.15, 0.2) is 0 Å². The Bertz CT molecular complexity index is 434. The van der Waals surface area contributed by atoms with Gasteiger partial charge in [-0.2, -0.15) is 5.10 Å². The topological polar surface area (TPSA) is 56.7 Å². The standard InChI is InChI=1S/C16H30N4/c1-12(2)20-14(18-11-19-20)10-16(17)8-6-13(7-9-16)15(3,4)5/h11-13H,6-10,17H2,1-5H3. The van der Waals surface area contributed by atoms with Crippen LogP contribution in [0.5, 0.6) is 0 Å². The molecule has 0 amide bonds. The first-order valence-electron chi connectivity index (χ1n) is 7.88. The molecule has 0 atom stereocenters. The number of nitrogens with two attached hydrogens (primary N) is 1. The third-order valence-electron chi connectivity index (χ3n) is 4.85. The molecule has 1 aromatic rings. The molecule has 4 heteroatoms. The Morgan fingerprint density at radius 3 is 2.45 bits per heavy atom. The van der Waals surface area contributed by atoms with Crippen LogP contribution in [0.2, 0.25) is 0 Å². The summed E-state index contributed by atoms with van der Waals surface area (Å²) in [7, 11) is 0. The molecule has 0 aromatic carbocycles. The molecule has 0 saturated heterocycles. The lowest BCUT2D eigenvalue weighted by molar-refractivity contribution is 0.132. The molecular weight excluding hydrogens is 248 g/mol. The molecule has 0 unspecified atom stereocenters. The summed E-state index contributed by atoms with van der Waals surface area (Å²) >= 11 is 0. The number of hydrogen-bond donors (Lipinski definition) is 1. The molecule has 4 nitrogen and oxygen atoms in total. The summed E-state index contributed by atoms with van der Waals surface area (Å²) in [5, 5.41) is 4.32. The van der Waals surface area contributed by atoms with Gasteiger partial charge in [0.25, 0.3) is 0 Å². The minimum atomic E-state index is -0.0958. The SMILES string of the molecule is CC(C)n1ncnc1CC1(N)CCC(C(C)(C)C)CC1.